The second-order valence-electron chi connectivity index (χ2n) is 4.81. The summed E-state index contributed by atoms with van der Waals surface area (Å²) in [5.74, 6) is 0.806. The van der Waals surface area contributed by atoms with Gasteiger partial charge in [-0.1, -0.05) is 25.5 Å². The second-order valence-corrected chi connectivity index (χ2v) is 4.81. The normalized spacial score (nSPS) is 12.7. The van der Waals surface area contributed by atoms with Crippen LogP contribution in [0.4, 0.5) is 0 Å². The molecule has 108 valence electrons. The Labute approximate surface area is 117 Å². The molecule has 0 bridgehead atoms. The van der Waals surface area contributed by atoms with Gasteiger partial charge in [0.15, 0.2) is 0 Å². The Bertz CT molecular complexity index is 375. The Kier molecular flexibility index (Phi) is 6.89. The minimum atomic E-state index is -0.456. The molecule has 0 heterocycles. The first-order valence-electron chi connectivity index (χ1n) is 7.26. The smallest absolute Gasteiger partial charge is 0.125 e. The topological polar surface area (TPSA) is 32.7 Å². The highest BCUT2D eigenvalue weighted by Gasteiger charge is 2.14. The Balaban J connectivity index is 2.74. The monoisotopic (exact) mass is 265 g/mol. The van der Waals surface area contributed by atoms with Crippen LogP contribution >= 0.6 is 0 Å². The van der Waals surface area contributed by atoms with Gasteiger partial charge in [-0.05, 0) is 45.5 Å². The van der Waals surface area contributed by atoms with Gasteiger partial charge in [-0.2, -0.15) is 0 Å². The molecule has 1 aromatic carbocycles. The van der Waals surface area contributed by atoms with Gasteiger partial charge >= 0.3 is 0 Å². The van der Waals surface area contributed by atoms with E-state index in [0.717, 1.165) is 42.9 Å². The van der Waals surface area contributed by atoms with Crippen molar-refractivity contribution < 1.29 is 9.84 Å². The molecule has 0 saturated heterocycles. The number of hydrogen-bond donors (Lipinski definition) is 1. The summed E-state index contributed by atoms with van der Waals surface area (Å²) in [4.78, 5) is 2.32. The van der Waals surface area contributed by atoms with Crippen LogP contribution < -0.4 is 4.74 Å². The largest absolute Gasteiger partial charge is 0.493 e. The zero-order valence-corrected chi connectivity index (χ0v) is 12.6. The quantitative estimate of drug-likeness (QED) is 0.783. The fourth-order valence-corrected chi connectivity index (χ4v) is 2.22. The number of rotatable bonds is 8. The van der Waals surface area contributed by atoms with Crippen molar-refractivity contribution in [2.24, 2.45) is 0 Å². The van der Waals surface area contributed by atoms with Crippen molar-refractivity contribution in [2.75, 3.05) is 26.2 Å². The minimum Gasteiger partial charge on any atom is -0.493 e. The molecule has 0 radical (unpaired) electrons. The number of aliphatic hydroxyl groups excluding tert-OH is 1. The first-order valence-corrected chi connectivity index (χ1v) is 7.26. The van der Waals surface area contributed by atoms with Crippen molar-refractivity contribution in [1.29, 1.82) is 0 Å². The molecule has 1 unspecified atom stereocenters. The van der Waals surface area contributed by atoms with Crippen LogP contribution in [0.2, 0.25) is 0 Å². The van der Waals surface area contributed by atoms with E-state index in [0.29, 0.717) is 6.61 Å². The third kappa shape index (κ3) is 4.84. The lowest BCUT2D eigenvalue weighted by Gasteiger charge is -2.21. The Morgan fingerprint density at radius 2 is 1.89 bits per heavy atom. The molecule has 0 saturated carbocycles. The zero-order chi connectivity index (χ0) is 14.3. The van der Waals surface area contributed by atoms with Gasteiger partial charge in [0.05, 0.1) is 12.7 Å². The lowest BCUT2D eigenvalue weighted by Crippen LogP contribution is -2.25. The number of nitrogens with zero attached hydrogens (tertiary/aromatic N) is 1. The highest BCUT2D eigenvalue weighted by molar-refractivity contribution is 5.38. The average Bonchev–Trinajstić information content (AvgIpc) is 2.42. The number of benzene rings is 1. The lowest BCUT2D eigenvalue weighted by atomic mass is 10.0. The molecule has 3 nitrogen and oxygen atoms in total. The molecule has 0 aliphatic carbocycles. The molecule has 0 aliphatic rings. The summed E-state index contributed by atoms with van der Waals surface area (Å²) < 4.78 is 5.60. The molecular formula is C16H27NO2. The van der Waals surface area contributed by atoms with E-state index in [9.17, 15) is 5.11 Å². The van der Waals surface area contributed by atoms with Gasteiger partial charge in [-0.3, -0.25) is 0 Å². The van der Waals surface area contributed by atoms with Crippen LogP contribution in [-0.4, -0.2) is 36.2 Å². The van der Waals surface area contributed by atoms with Crippen LogP contribution in [0.1, 0.15) is 44.4 Å². The molecule has 0 spiro atoms. The van der Waals surface area contributed by atoms with Gasteiger partial charge in [0.1, 0.15) is 5.75 Å². The number of aliphatic hydroxyl groups is 1. The van der Waals surface area contributed by atoms with Crippen LogP contribution in [-0.2, 0) is 0 Å². The summed E-state index contributed by atoms with van der Waals surface area (Å²) in [6.07, 6.45) is 0.285. The predicted molar refractivity (Wildman–Crippen MR) is 79.7 cm³/mol. The maximum atomic E-state index is 10.4. The maximum Gasteiger partial charge on any atom is 0.125 e. The van der Waals surface area contributed by atoms with E-state index < -0.39 is 6.10 Å². The van der Waals surface area contributed by atoms with E-state index in [4.69, 9.17) is 4.74 Å². The SMILES string of the molecule is CCOc1ccc(C)cc1C(O)CCN(CC)CC. The van der Waals surface area contributed by atoms with Crippen LogP contribution in [0.3, 0.4) is 0 Å². The van der Waals surface area contributed by atoms with Crippen molar-refractivity contribution in [3.05, 3.63) is 29.3 Å². The summed E-state index contributed by atoms with van der Waals surface area (Å²) in [7, 11) is 0. The number of aryl methyl sites for hydroxylation is 1. The van der Waals surface area contributed by atoms with E-state index >= 15 is 0 Å². The summed E-state index contributed by atoms with van der Waals surface area (Å²) in [6, 6.07) is 6.00. The molecule has 19 heavy (non-hydrogen) atoms. The molecule has 1 aromatic rings. The van der Waals surface area contributed by atoms with Gasteiger partial charge in [0.25, 0.3) is 0 Å². The van der Waals surface area contributed by atoms with E-state index in [2.05, 4.69) is 18.7 Å². The average molecular weight is 265 g/mol. The van der Waals surface area contributed by atoms with E-state index in [1.165, 1.54) is 0 Å². The van der Waals surface area contributed by atoms with Crippen molar-refractivity contribution in [1.82, 2.24) is 4.90 Å². The highest BCUT2D eigenvalue weighted by atomic mass is 16.5. The molecule has 1 rings (SSSR count). The molecule has 0 aliphatic heterocycles. The fourth-order valence-electron chi connectivity index (χ4n) is 2.22. The molecule has 0 amide bonds. The van der Waals surface area contributed by atoms with E-state index in [-0.39, 0.29) is 0 Å². The summed E-state index contributed by atoms with van der Waals surface area (Å²) in [5.41, 5.74) is 2.06. The molecule has 0 aromatic heterocycles. The Hall–Kier alpha value is -1.06. The van der Waals surface area contributed by atoms with Crippen LogP contribution in [0, 0.1) is 6.92 Å². The predicted octanol–water partition coefficient (Wildman–Crippen LogP) is 3.16. The third-order valence-electron chi connectivity index (χ3n) is 3.44. The highest BCUT2D eigenvalue weighted by Crippen LogP contribution is 2.28. The standard InChI is InChI=1S/C16H27NO2/c1-5-17(6-2)11-10-15(18)14-12-13(4)8-9-16(14)19-7-3/h8-9,12,15,18H,5-7,10-11H2,1-4H3. The molecule has 3 heteroatoms. The summed E-state index contributed by atoms with van der Waals surface area (Å²) in [5, 5.41) is 10.4. The molecule has 0 fully saturated rings. The van der Waals surface area contributed by atoms with Gasteiger partial charge in [0, 0.05) is 12.1 Å². The second kappa shape index (κ2) is 8.18. The van der Waals surface area contributed by atoms with Crippen molar-refractivity contribution in [3.8, 4) is 5.75 Å². The first kappa shape index (κ1) is 16.0. The molecule has 1 N–H and O–H groups in total. The van der Waals surface area contributed by atoms with E-state index in [1.807, 2.05) is 32.0 Å². The van der Waals surface area contributed by atoms with Crippen molar-refractivity contribution in [2.45, 2.75) is 40.2 Å². The first-order chi connectivity index (χ1) is 9.12. The number of ether oxygens (including phenoxy) is 1. The Morgan fingerprint density at radius 3 is 2.47 bits per heavy atom. The summed E-state index contributed by atoms with van der Waals surface area (Å²) >= 11 is 0. The minimum absolute atomic E-state index is 0.456. The van der Waals surface area contributed by atoms with Crippen LogP contribution in [0.15, 0.2) is 18.2 Å². The van der Waals surface area contributed by atoms with Gasteiger partial charge in [-0.25, -0.2) is 0 Å². The van der Waals surface area contributed by atoms with Crippen molar-refractivity contribution in [3.63, 3.8) is 0 Å². The van der Waals surface area contributed by atoms with Crippen molar-refractivity contribution >= 4 is 0 Å². The zero-order valence-electron chi connectivity index (χ0n) is 12.6. The third-order valence-corrected chi connectivity index (χ3v) is 3.44. The van der Waals surface area contributed by atoms with Crippen LogP contribution in [0.5, 0.6) is 5.75 Å². The Morgan fingerprint density at radius 1 is 1.21 bits per heavy atom. The van der Waals surface area contributed by atoms with Gasteiger partial charge < -0.3 is 14.7 Å². The number of hydrogen-bond acceptors (Lipinski definition) is 3. The summed E-state index contributed by atoms with van der Waals surface area (Å²) in [6.45, 7) is 11.9. The molecular weight excluding hydrogens is 238 g/mol. The van der Waals surface area contributed by atoms with Gasteiger partial charge in [0.2, 0.25) is 0 Å². The lowest BCUT2D eigenvalue weighted by molar-refractivity contribution is 0.141. The maximum absolute atomic E-state index is 10.4. The van der Waals surface area contributed by atoms with Crippen LogP contribution in [0.25, 0.3) is 0 Å². The fraction of sp³-hybridized carbons (Fsp3) is 0.625. The van der Waals surface area contributed by atoms with E-state index in [1.54, 1.807) is 0 Å². The van der Waals surface area contributed by atoms with Gasteiger partial charge in [-0.15, -0.1) is 0 Å². The molecule has 1 atom stereocenters.